The van der Waals surface area contributed by atoms with Crippen LogP contribution >= 0.6 is 0 Å². The predicted octanol–water partition coefficient (Wildman–Crippen LogP) is 4.78. The Kier molecular flexibility index (Phi) is 4.15. The molecular formula is C19H19F3N2O. The summed E-state index contributed by atoms with van der Waals surface area (Å²) in [6.45, 7) is 0.603. The summed E-state index contributed by atoms with van der Waals surface area (Å²) in [5.41, 5.74) is 0.117. The summed E-state index contributed by atoms with van der Waals surface area (Å²) in [5.74, 6) is 2.27. The van der Waals surface area contributed by atoms with E-state index in [2.05, 4.69) is 10.3 Å². The first-order chi connectivity index (χ1) is 12.0. The van der Waals surface area contributed by atoms with E-state index in [-0.39, 0.29) is 5.75 Å². The van der Waals surface area contributed by atoms with Crippen LogP contribution < -0.4 is 10.1 Å². The van der Waals surface area contributed by atoms with Crippen LogP contribution in [0.25, 0.3) is 0 Å². The zero-order valence-electron chi connectivity index (χ0n) is 13.6. The van der Waals surface area contributed by atoms with Crippen molar-refractivity contribution in [2.75, 3.05) is 0 Å². The summed E-state index contributed by atoms with van der Waals surface area (Å²) in [6.07, 6.45) is 0.993. The monoisotopic (exact) mass is 348 g/mol. The second-order valence-corrected chi connectivity index (χ2v) is 6.90. The number of aromatic nitrogens is 1. The molecule has 2 aliphatic rings. The normalized spacial score (nSPS) is 24.8. The summed E-state index contributed by atoms with van der Waals surface area (Å²) in [6, 6.07) is 9.08. The summed E-state index contributed by atoms with van der Waals surface area (Å²) in [4.78, 5) is 4.19. The average molecular weight is 348 g/mol. The molecule has 0 amide bonds. The van der Waals surface area contributed by atoms with Crippen LogP contribution in [-0.4, -0.2) is 11.0 Å². The molecule has 4 rings (SSSR count). The number of nitrogens with zero attached hydrogens (tertiary/aromatic N) is 1. The fourth-order valence-corrected chi connectivity index (χ4v) is 3.63. The molecule has 2 atom stereocenters. The van der Waals surface area contributed by atoms with E-state index < -0.39 is 11.7 Å². The lowest BCUT2D eigenvalue weighted by molar-refractivity contribution is -0.137. The second-order valence-electron chi connectivity index (χ2n) is 6.90. The molecule has 1 heterocycles. The number of nitrogens with one attached hydrogen (secondary N) is 1. The highest BCUT2D eigenvalue weighted by molar-refractivity contribution is 5.35. The smallest absolute Gasteiger partial charge is 0.416 e. The number of rotatable bonds is 5. The van der Waals surface area contributed by atoms with Crippen molar-refractivity contribution >= 4 is 0 Å². The van der Waals surface area contributed by atoms with Gasteiger partial charge >= 0.3 is 6.18 Å². The van der Waals surface area contributed by atoms with Gasteiger partial charge in [0.25, 0.3) is 0 Å². The van der Waals surface area contributed by atoms with Crippen molar-refractivity contribution in [3.63, 3.8) is 0 Å². The Morgan fingerprint density at radius 1 is 1.08 bits per heavy atom. The zero-order valence-corrected chi connectivity index (χ0v) is 13.6. The number of fused-ring (bicyclic) bond motifs is 1. The molecule has 2 saturated carbocycles. The highest BCUT2D eigenvalue weighted by Crippen LogP contribution is 2.51. The largest absolute Gasteiger partial charge is 0.439 e. The van der Waals surface area contributed by atoms with Crippen LogP contribution in [0.2, 0.25) is 0 Å². The van der Waals surface area contributed by atoms with Crippen LogP contribution in [0.3, 0.4) is 0 Å². The van der Waals surface area contributed by atoms with Crippen LogP contribution in [0.5, 0.6) is 11.6 Å². The molecule has 1 aromatic heterocycles. The van der Waals surface area contributed by atoms with E-state index in [1.54, 1.807) is 6.20 Å². The second kappa shape index (κ2) is 6.33. The third-order valence-corrected chi connectivity index (χ3v) is 5.05. The van der Waals surface area contributed by atoms with E-state index in [0.717, 1.165) is 29.5 Å². The van der Waals surface area contributed by atoms with Gasteiger partial charge in [-0.2, -0.15) is 13.2 Å². The molecule has 2 aliphatic carbocycles. The first-order valence-corrected chi connectivity index (χ1v) is 8.51. The molecule has 3 nitrogen and oxygen atoms in total. The summed E-state index contributed by atoms with van der Waals surface area (Å²) in [5, 5.41) is 3.52. The van der Waals surface area contributed by atoms with Gasteiger partial charge in [-0.1, -0.05) is 12.1 Å². The Morgan fingerprint density at radius 3 is 2.64 bits per heavy atom. The Labute approximate surface area is 144 Å². The molecule has 0 aliphatic heterocycles. The Balaban J connectivity index is 1.45. The SMILES string of the molecule is FC(F)(F)c1cccc(Oc2ncccc2CNC2CC3CC3C2)c1. The van der Waals surface area contributed by atoms with E-state index in [9.17, 15) is 13.2 Å². The first kappa shape index (κ1) is 16.4. The fraction of sp³-hybridized carbons (Fsp3) is 0.421. The molecule has 1 N–H and O–H groups in total. The maximum Gasteiger partial charge on any atom is 0.416 e. The summed E-state index contributed by atoms with van der Waals surface area (Å²) >= 11 is 0. The summed E-state index contributed by atoms with van der Waals surface area (Å²) < 4.78 is 44.1. The highest BCUT2D eigenvalue weighted by Gasteiger charge is 2.45. The quantitative estimate of drug-likeness (QED) is 0.844. The van der Waals surface area contributed by atoms with Crippen LogP contribution in [0.4, 0.5) is 13.2 Å². The number of alkyl halides is 3. The molecule has 2 unspecified atom stereocenters. The van der Waals surface area contributed by atoms with Gasteiger partial charge < -0.3 is 10.1 Å². The first-order valence-electron chi connectivity index (χ1n) is 8.51. The van der Waals surface area contributed by atoms with E-state index in [0.29, 0.717) is 18.5 Å². The topological polar surface area (TPSA) is 34.1 Å². The van der Waals surface area contributed by atoms with Crippen molar-refractivity contribution in [2.45, 2.75) is 38.0 Å². The molecular weight excluding hydrogens is 329 g/mol. The zero-order chi connectivity index (χ0) is 17.4. The maximum absolute atomic E-state index is 12.8. The fourth-order valence-electron chi connectivity index (χ4n) is 3.63. The van der Waals surface area contributed by atoms with Gasteiger partial charge in [-0.3, -0.25) is 0 Å². The van der Waals surface area contributed by atoms with Crippen LogP contribution in [0, 0.1) is 11.8 Å². The van der Waals surface area contributed by atoms with Gasteiger partial charge in [-0.05, 0) is 55.4 Å². The number of pyridine rings is 1. The van der Waals surface area contributed by atoms with Gasteiger partial charge in [0, 0.05) is 24.3 Å². The number of benzene rings is 1. The molecule has 1 aromatic carbocycles. The minimum absolute atomic E-state index is 0.136. The number of halogens is 3. The molecule has 6 heteroatoms. The number of ether oxygens (including phenoxy) is 1. The predicted molar refractivity (Wildman–Crippen MR) is 87.2 cm³/mol. The lowest BCUT2D eigenvalue weighted by Crippen LogP contribution is -2.27. The van der Waals surface area contributed by atoms with Crippen molar-refractivity contribution in [3.8, 4) is 11.6 Å². The molecule has 0 bridgehead atoms. The van der Waals surface area contributed by atoms with Gasteiger partial charge in [-0.15, -0.1) is 0 Å². The van der Waals surface area contributed by atoms with Crippen molar-refractivity contribution in [1.29, 1.82) is 0 Å². The standard InChI is InChI=1S/C19H19F3N2O/c20-19(21,22)15-4-1-5-17(10-15)25-18-12(3-2-6-23-18)11-24-16-8-13-7-14(13)9-16/h1-6,10,13-14,16,24H,7-9,11H2. The van der Waals surface area contributed by atoms with E-state index in [1.807, 2.05) is 12.1 Å². The molecule has 0 spiro atoms. The third-order valence-electron chi connectivity index (χ3n) is 5.05. The lowest BCUT2D eigenvalue weighted by atomic mass is 10.1. The summed E-state index contributed by atoms with van der Waals surface area (Å²) in [7, 11) is 0. The van der Waals surface area contributed by atoms with E-state index >= 15 is 0 Å². The lowest BCUT2D eigenvalue weighted by Gasteiger charge is -2.16. The van der Waals surface area contributed by atoms with E-state index in [4.69, 9.17) is 4.74 Å². The van der Waals surface area contributed by atoms with Crippen LogP contribution in [0.1, 0.15) is 30.4 Å². The van der Waals surface area contributed by atoms with Crippen molar-refractivity contribution in [1.82, 2.24) is 10.3 Å². The average Bonchev–Trinajstić information content (AvgIpc) is 3.20. The number of hydrogen-bond donors (Lipinski definition) is 1. The van der Waals surface area contributed by atoms with Gasteiger partial charge in [0.05, 0.1) is 5.56 Å². The molecule has 132 valence electrons. The molecule has 0 saturated heterocycles. The third kappa shape index (κ3) is 3.79. The Bertz CT molecular complexity index is 752. The minimum atomic E-state index is -4.39. The van der Waals surface area contributed by atoms with Gasteiger partial charge in [-0.25, -0.2) is 4.98 Å². The van der Waals surface area contributed by atoms with E-state index in [1.165, 1.54) is 31.4 Å². The molecule has 2 aromatic rings. The van der Waals surface area contributed by atoms with Crippen molar-refractivity contribution in [3.05, 3.63) is 53.7 Å². The minimum Gasteiger partial charge on any atom is -0.439 e. The van der Waals surface area contributed by atoms with Gasteiger partial charge in [0.15, 0.2) is 0 Å². The maximum atomic E-state index is 12.8. The van der Waals surface area contributed by atoms with Gasteiger partial charge in [0.2, 0.25) is 5.88 Å². The molecule has 2 fully saturated rings. The van der Waals surface area contributed by atoms with Crippen molar-refractivity contribution in [2.24, 2.45) is 11.8 Å². The van der Waals surface area contributed by atoms with Crippen LogP contribution in [-0.2, 0) is 12.7 Å². The Hall–Kier alpha value is -2.08. The van der Waals surface area contributed by atoms with Crippen LogP contribution in [0.15, 0.2) is 42.6 Å². The van der Waals surface area contributed by atoms with Gasteiger partial charge in [0.1, 0.15) is 5.75 Å². The highest BCUT2D eigenvalue weighted by atomic mass is 19.4. The number of hydrogen-bond acceptors (Lipinski definition) is 3. The molecule has 0 radical (unpaired) electrons. The molecule has 25 heavy (non-hydrogen) atoms. The Morgan fingerprint density at radius 2 is 1.88 bits per heavy atom. The van der Waals surface area contributed by atoms with Crippen molar-refractivity contribution < 1.29 is 17.9 Å².